The largest absolute Gasteiger partial charge is 0.495 e. The average Bonchev–Trinajstić information content (AvgIpc) is 2.71. The highest BCUT2D eigenvalue weighted by molar-refractivity contribution is 6.32. The first-order valence-electron chi connectivity index (χ1n) is 5.69. The van der Waals surface area contributed by atoms with Gasteiger partial charge in [0.1, 0.15) is 5.75 Å². The van der Waals surface area contributed by atoms with Gasteiger partial charge in [-0.3, -0.25) is 0 Å². The number of ether oxygens (including phenoxy) is 1. The number of nitrogens with zero attached hydrogens (tertiary/aromatic N) is 2. The number of hydrogen-bond donors (Lipinski definition) is 1. The van der Waals surface area contributed by atoms with E-state index in [0.717, 1.165) is 17.9 Å². The van der Waals surface area contributed by atoms with Gasteiger partial charge < -0.3 is 10.1 Å². The van der Waals surface area contributed by atoms with E-state index in [1.54, 1.807) is 7.11 Å². The Labute approximate surface area is 112 Å². The van der Waals surface area contributed by atoms with Crippen molar-refractivity contribution in [1.29, 1.82) is 0 Å². The molecule has 0 aliphatic rings. The summed E-state index contributed by atoms with van der Waals surface area (Å²) in [6, 6.07) is 5.61. The molecule has 0 aliphatic heterocycles. The maximum absolute atomic E-state index is 6.11. The summed E-state index contributed by atoms with van der Waals surface area (Å²) < 4.78 is 6.96. The number of nitrogens with one attached hydrogen (secondary N) is 1. The average molecular weight is 266 g/mol. The lowest BCUT2D eigenvalue weighted by atomic mass is 10.2. The molecular formula is C13H16ClN3O. The van der Waals surface area contributed by atoms with Crippen LogP contribution in [-0.2, 0) is 6.54 Å². The van der Waals surface area contributed by atoms with E-state index in [0.29, 0.717) is 10.8 Å². The van der Waals surface area contributed by atoms with Gasteiger partial charge >= 0.3 is 0 Å². The van der Waals surface area contributed by atoms with Crippen LogP contribution >= 0.6 is 11.6 Å². The van der Waals surface area contributed by atoms with Crippen LogP contribution in [-0.4, -0.2) is 23.9 Å². The first-order valence-corrected chi connectivity index (χ1v) is 6.07. The Bertz CT molecular complexity index is 551. The van der Waals surface area contributed by atoms with Gasteiger partial charge in [0.05, 0.1) is 23.5 Å². The van der Waals surface area contributed by atoms with Crippen molar-refractivity contribution in [3.05, 3.63) is 40.7 Å². The van der Waals surface area contributed by atoms with E-state index < -0.39 is 0 Å². The van der Waals surface area contributed by atoms with E-state index in [1.165, 1.54) is 5.56 Å². The molecule has 4 nitrogen and oxygen atoms in total. The molecule has 0 saturated carbocycles. The first kappa shape index (κ1) is 12.9. The third kappa shape index (κ3) is 2.49. The lowest BCUT2D eigenvalue weighted by molar-refractivity contribution is 0.415. The zero-order valence-corrected chi connectivity index (χ0v) is 11.5. The molecule has 0 aliphatic carbocycles. The van der Waals surface area contributed by atoms with Gasteiger partial charge in [-0.1, -0.05) is 11.6 Å². The maximum atomic E-state index is 6.11. The predicted molar refractivity (Wildman–Crippen MR) is 72.6 cm³/mol. The summed E-state index contributed by atoms with van der Waals surface area (Å²) in [5.41, 5.74) is 3.10. The van der Waals surface area contributed by atoms with Gasteiger partial charge in [0, 0.05) is 18.3 Å². The van der Waals surface area contributed by atoms with Crippen molar-refractivity contribution in [2.75, 3.05) is 14.2 Å². The van der Waals surface area contributed by atoms with Gasteiger partial charge in [0.2, 0.25) is 0 Å². The molecule has 0 bridgehead atoms. The molecule has 1 aromatic heterocycles. The highest BCUT2D eigenvalue weighted by Gasteiger charge is 2.07. The third-order valence-electron chi connectivity index (χ3n) is 2.77. The quantitative estimate of drug-likeness (QED) is 0.924. The molecular weight excluding hydrogens is 250 g/mol. The van der Waals surface area contributed by atoms with Crippen molar-refractivity contribution in [1.82, 2.24) is 15.1 Å². The molecule has 0 unspecified atom stereocenters. The molecule has 1 aromatic carbocycles. The van der Waals surface area contributed by atoms with Crippen LogP contribution in [0.5, 0.6) is 5.75 Å². The minimum atomic E-state index is 0.582. The predicted octanol–water partition coefficient (Wildman–Crippen LogP) is 2.56. The summed E-state index contributed by atoms with van der Waals surface area (Å²) in [6.45, 7) is 2.80. The summed E-state index contributed by atoms with van der Waals surface area (Å²) in [7, 11) is 3.52. The van der Waals surface area contributed by atoms with Crippen molar-refractivity contribution in [3.63, 3.8) is 0 Å². The number of aryl methyl sites for hydroxylation is 1. The van der Waals surface area contributed by atoms with Crippen molar-refractivity contribution in [3.8, 4) is 11.4 Å². The number of benzene rings is 1. The first-order chi connectivity index (χ1) is 8.65. The number of aromatic nitrogens is 2. The Morgan fingerprint density at radius 1 is 1.44 bits per heavy atom. The Kier molecular flexibility index (Phi) is 3.89. The van der Waals surface area contributed by atoms with Gasteiger partial charge in [0.15, 0.2) is 0 Å². The van der Waals surface area contributed by atoms with E-state index in [4.69, 9.17) is 16.3 Å². The van der Waals surface area contributed by atoms with E-state index in [1.807, 2.05) is 43.0 Å². The fourth-order valence-electron chi connectivity index (χ4n) is 1.79. The van der Waals surface area contributed by atoms with E-state index in [-0.39, 0.29) is 0 Å². The van der Waals surface area contributed by atoms with Crippen LogP contribution in [0.1, 0.15) is 11.3 Å². The lowest BCUT2D eigenvalue weighted by Crippen LogP contribution is -2.05. The Hall–Kier alpha value is -1.52. The topological polar surface area (TPSA) is 39.1 Å². The van der Waals surface area contributed by atoms with Crippen LogP contribution in [0.15, 0.2) is 24.4 Å². The van der Waals surface area contributed by atoms with Crippen LogP contribution in [0, 0.1) is 6.92 Å². The molecule has 0 fully saturated rings. The standard InChI is InChI=1S/C13H16ClN3O/c1-9-10(7-15-2)8-17(16-9)11-4-5-13(18-3)12(14)6-11/h4-6,8,15H,7H2,1-3H3. The van der Waals surface area contributed by atoms with E-state index >= 15 is 0 Å². The summed E-state index contributed by atoms with van der Waals surface area (Å²) in [4.78, 5) is 0. The summed E-state index contributed by atoms with van der Waals surface area (Å²) in [6.07, 6.45) is 2.00. The van der Waals surface area contributed by atoms with Crippen molar-refractivity contribution < 1.29 is 4.74 Å². The van der Waals surface area contributed by atoms with Crippen LogP contribution in [0.2, 0.25) is 5.02 Å². The molecule has 2 aromatic rings. The van der Waals surface area contributed by atoms with Gasteiger partial charge in [-0.15, -0.1) is 0 Å². The number of halogens is 1. The summed E-state index contributed by atoms with van der Waals surface area (Å²) >= 11 is 6.11. The van der Waals surface area contributed by atoms with Crippen LogP contribution < -0.4 is 10.1 Å². The monoisotopic (exact) mass is 265 g/mol. The molecule has 18 heavy (non-hydrogen) atoms. The molecule has 0 radical (unpaired) electrons. The SMILES string of the molecule is CNCc1cn(-c2ccc(OC)c(Cl)c2)nc1C. The number of methoxy groups -OCH3 is 1. The fraction of sp³-hybridized carbons (Fsp3) is 0.308. The molecule has 0 saturated heterocycles. The zero-order valence-electron chi connectivity index (χ0n) is 10.7. The van der Waals surface area contributed by atoms with Crippen molar-refractivity contribution in [2.24, 2.45) is 0 Å². The second kappa shape index (κ2) is 5.42. The van der Waals surface area contributed by atoms with Crippen LogP contribution in [0.3, 0.4) is 0 Å². The zero-order chi connectivity index (χ0) is 13.1. The normalized spacial score (nSPS) is 10.7. The molecule has 1 N–H and O–H groups in total. The Balaban J connectivity index is 2.36. The number of rotatable bonds is 4. The van der Waals surface area contributed by atoms with Crippen molar-refractivity contribution >= 4 is 11.6 Å². The molecule has 0 spiro atoms. The fourth-order valence-corrected chi connectivity index (χ4v) is 2.04. The Morgan fingerprint density at radius 3 is 2.83 bits per heavy atom. The smallest absolute Gasteiger partial charge is 0.137 e. The van der Waals surface area contributed by atoms with E-state index in [2.05, 4.69) is 10.4 Å². The van der Waals surface area contributed by atoms with Crippen molar-refractivity contribution in [2.45, 2.75) is 13.5 Å². The van der Waals surface area contributed by atoms with Gasteiger partial charge in [-0.05, 0) is 32.2 Å². The molecule has 0 amide bonds. The molecule has 5 heteroatoms. The number of hydrogen-bond acceptors (Lipinski definition) is 3. The molecule has 0 atom stereocenters. The van der Waals surface area contributed by atoms with Gasteiger partial charge in [-0.2, -0.15) is 5.10 Å². The minimum absolute atomic E-state index is 0.582. The highest BCUT2D eigenvalue weighted by Crippen LogP contribution is 2.26. The van der Waals surface area contributed by atoms with Crippen LogP contribution in [0.4, 0.5) is 0 Å². The molecule has 1 heterocycles. The summed E-state index contributed by atoms with van der Waals surface area (Å²) in [5.74, 6) is 0.666. The second-order valence-corrected chi connectivity index (χ2v) is 4.44. The summed E-state index contributed by atoms with van der Waals surface area (Å²) in [5, 5.41) is 8.17. The molecule has 2 rings (SSSR count). The van der Waals surface area contributed by atoms with Gasteiger partial charge in [-0.25, -0.2) is 4.68 Å². The highest BCUT2D eigenvalue weighted by atomic mass is 35.5. The van der Waals surface area contributed by atoms with E-state index in [9.17, 15) is 0 Å². The molecule has 96 valence electrons. The maximum Gasteiger partial charge on any atom is 0.137 e. The van der Waals surface area contributed by atoms with Gasteiger partial charge in [0.25, 0.3) is 0 Å². The lowest BCUT2D eigenvalue weighted by Gasteiger charge is -2.05. The van der Waals surface area contributed by atoms with Crippen LogP contribution in [0.25, 0.3) is 5.69 Å². The third-order valence-corrected chi connectivity index (χ3v) is 3.06. The minimum Gasteiger partial charge on any atom is -0.495 e. The Morgan fingerprint density at radius 2 is 2.22 bits per heavy atom. The second-order valence-electron chi connectivity index (χ2n) is 4.03.